The molecule has 2 N–H and O–H groups in total. The van der Waals surface area contributed by atoms with E-state index in [0.29, 0.717) is 18.3 Å². The molecule has 1 saturated carbocycles. The Kier molecular flexibility index (Phi) is 7.70. The number of amides is 1. The van der Waals surface area contributed by atoms with Crippen LogP contribution in [0.4, 0.5) is 0 Å². The van der Waals surface area contributed by atoms with Gasteiger partial charge in [-0.3, -0.25) is 4.79 Å². The third kappa shape index (κ3) is 5.68. The Labute approximate surface area is 152 Å². The summed E-state index contributed by atoms with van der Waals surface area (Å²) in [6.45, 7) is 2.07. The topological polar surface area (TPSA) is 60.8 Å². The summed E-state index contributed by atoms with van der Waals surface area (Å²) in [5, 5.41) is 20.2. The highest BCUT2D eigenvalue weighted by Gasteiger charge is 2.43. The third-order valence-electron chi connectivity index (χ3n) is 5.73. The number of rotatable bonds is 9. The fraction of sp³-hybridized carbons (Fsp3) is 0.762. The number of aliphatic hydroxyl groups is 2. The number of nitrogens with zero attached hydrogens (tertiary/aromatic N) is 1. The van der Waals surface area contributed by atoms with Crippen molar-refractivity contribution in [2.24, 2.45) is 17.8 Å². The lowest BCUT2D eigenvalue weighted by molar-refractivity contribution is -0.128. The number of hydrogen-bond donors (Lipinski definition) is 2. The van der Waals surface area contributed by atoms with Gasteiger partial charge >= 0.3 is 0 Å². The predicted octanol–water partition coefficient (Wildman–Crippen LogP) is 3.30. The van der Waals surface area contributed by atoms with Crippen LogP contribution in [-0.4, -0.2) is 47.3 Å². The monoisotopic (exact) mass is 349 g/mol. The normalized spacial score (nSPS) is 29.7. The fourth-order valence-corrected chi connectivity index (χ4v) is 4.29. The van der Waals surface area contributed by atoms with Crippen LogP contribution in [0, 0.1) is 17.8 Å². The molecule has 0 aliphatic heterocycles. The molecule has 0 aromatic carbocycles. The van der Waals surface area contributed by atoms with Crippen LogP contribution in [-0.2, 0) is 4.79 Å². The summed E-state index contributed by atoms with van der Waals surface area (Å²) in [6.07, 6.45) is 13.0. The van der Waals surface area contributed by atoms with Gasteiger partial charge in [-0.2, -0.15) is 0 Å². The first-order valence-electron chi connectivity index (χ1n) is 9.86. The van der Waals surface area contributed by atoms with Gasteiger partial charge in [-0.15, -0.1) is 0 Å². The summed E-state index contributed by atoms with van der Waals surface area (Å²) in [7, 11) is 3.61. The van der Waals surface area contributed by atoms with Crippen LogP contribution in [0.1, 0.15) is 58.3 Å². The first kappa shape index (κ1) is 20.2. The molecular weight excluding hydrogens is 314 g/mol. The van der Waals surface area contributed by atoms with Crippen molar-refractivity contribution >= 4 is 5.91 Å². The van der Waals surface area contributed by atoms with Gasteiger partial charge in [-0.25, -0.2) is 0 Å². The van der Waals surface area contributed by atoms with Crippen molar-refractivity contribution in [3.63, 3.8) is 0 Å². The molecule has 1 amide bonds. The molecule has 25 heavy (non-hydrogen) atoms. The molecule has 2 aliphatic carbocycles. The highest BCUT2D eigenvalue weighted by Crippen LogP contribution is 2.48. The van der Waals surface area contributed by atoms with Crippen molar-refractivity contribution in [2.45, 2.75) is 70.5 Å². The number of allylic oxidation sites excluding steroid dienone is 2. The number of hydrogen-bond acceptors (Lipinski definition) is 3. The lowest BCUT2D eigenvalue weighted by Gasteiger charge is -2.19. The summed E-state index contributed by atoms with van der Waals surface area (Å²) in [6, 6.07) is 0. The molecule has 0 saturated heterocycles. The molecule has 4 heteroatoms. The standard InChI is InChI=1S/C21H35NO3/c1-4-7-17(23)10-11-18-19-13-15(12-16(19)14-20(18)24)8-5-6-9-21(25)22(2)3/h10-12,16-20,23-24H,4-9,13-14H2,1-3H3/b11-10+/t16-,17-,18+,19-,20+/m0/s1. The quantitative estimate of drug-likeness (QED) is 0.496. The second-order valence-corrected chi connectivity index (χ2v) is 7.97. The fourth-order valence-electron chi connectivity index (χ4n) is 4.29. The maximum atomic E-state index is 11.6. The summed E-state index contributed by atoms with van der Waals surface area (Å²) in [4.78, 5) is 13.3. The Morgan fingerprint density at radius 2 is 2.16 bits per heavy atom. The van der Waals surface area contributed by atoms with Crippen molar-refractivity contribution in [1.82, 2.24) is 4.90 Å². The van der Waals surface area contributed by atoms with E-state index in [0.717, 1.165) is 44.9 Å². The van der Waals surface area contributed by atoms with Crippen LogP contribution in [0.15, 0.2) is 23.8 Å². The van der Waals surface area contributed by atoms with Gasteiger partial charge in [-0.1, -0.05) is 37.1 Å². The third-order valence-corrected chi connectivity index (χ3v) is 5.73. The molecule has 0 heterocycles. The van der Waals surface area contributed by atoms with Crippen molar-refractivity contribution in [1.29, 1.82) is 0 Å². The minimum absolute atomic E-state index is 0.167. The highest BCUT2D eigenvalue weighted by atomic mass is 16.3. The van der Waals surface area contributed by atoms with Crippen LogP contribution in [0.5, 0.6) is 0 Å². The van der Waals surface area contributed by atoms with Crippen LogP contribution in [0.2, 0.25) is 0 Å². The Hall–Kier alpha value is -1.13. The number of carbonyl (C=O) groups is 1. The molecule has 0 spiro atoms. The number of carbonyl (C=O) groups excluding carboxylic acids is 1. The zero-order valence-electron chi connectivity index (χ0n) is 16.0. The molecule has 1 fully saturated rings. The second-order valence-electron chi connectivity index (χ2n) is 7.97. The summed E-state index contributed by atoms with van der Waals surface area (Å²) >= 11 is 0. The molecule has 0 bridgehead atoms. The molecule has 142 valence electrons. The maximum Gasteiger partial charge on any atom is 0.222 e. The summed E-state index contributed by atoms with van der Waals surface area (Å²) in [5.41, 5.74) is 1.49. The summed E-state index contributed by atoms with van der Waals surface area (Å²) < 4.78 is 0. The van der Waals surface area contributed by atoms with E-state index >= 15 is 0 Å². The second kappa shape index (κ2) is 9.54. The Bertz CT molecular complexity index is 497. The molecule has 0 unspecified atom stereocenters. The molecule has 2 rings (SSSR count). The van der Waals surface area contributed by atoms with E-state index in [1.807, 2.05) is 6.08 Å². The first-order valence-corrected chi connectivity index (χ1v) is 9.86. The SMILES string of the molecule is CCC[C@H](O)/C=C/[C@@H]1[C@H]2CC(CCCCC(=O)N(C)C)=C[C@H]2C[C@H]1O. The van der Waals surface area contributed by atoms with Crippen LogP contribution in [0.3, 0.4) is 0 Å². The van der Waals surface area contributed by atoms with E-state index in [9.17, 15) is 15.0 Å². The van der Waals surface area contributed by atoms with Gasteiger partial charge in [0.15, 0.2) is 0 Å². The van der Waals surface area contributed by atoms with Gasteiger partial charge in [0.1, 0.15) is 0 Å². The van der Waals surface area contributed by atoms with E-state index in [2.05, 4.69) is 19.1 Å². The number of fused-ring (bicyclic) bond motifs is 1. The Morgan fingerprint density at radius 3 is 2.84 bits per heavy atom. The lowest BCUT2D eigenvalue weighted by Crippen LogP contribution is -2.21. The molecule has 5 atom stereocenters. The molecule has 4 nitrogen and oxygen atoms in total. The van der Waals surface area contributed by atoms with Crippen molar-refractivity contribution in [3.05, 3.63) is 23.8 Å². The average molecular weight is 350 g/mol. The average Bonchev–Trinajstić information content (AvgIpc) is 3.06. The Morgan fingerprint density at radius 1 is 1.40 bits per heavy atom. The van der Waals surface area contributed by atoms with Gasteiger partial charge in [0.05, 0.1) is 12.2 Å². The van der Waals surface area contributed by atoms with Crippen LogP contribution in [0.25, 0.3) is 0 Å². The minimum Gasteiger partial charge on any atom is -0.392 e. The number of aliphatic hydroxyl groups excluding tert-OH is 2. The lowest BCUT2D eigenvalue weighted by atomic mass is 9.88. The van der Waals surface area contributed by atoms with Gasteiger partial charge < -0.3 is 15.1 Å². The van der Waals surface area contributed by atoms with E-state index in [1.54, 1.807) is 19.0 Å². The molecule has 2 aliphatic rings. The van der Waals surface area contributed by atoms with Crippen LogP contribution < -0.4 is 0 Å². The van der Waals surface area contributed by atoms with Gasteiger partial charge in [0.2, 0.25) is 5.91 Å². The molecule has 0 radical (unpaired) electrons. The van der Waals surface area contributed by atoms with E-state index in [1.165, 1.54) is 5.57 Å². The molecular formula is C21H35NO3. The molecule has 0 aromatic rings. The zero-order valence-corrected chi connectivity index (χ0v) is 16.0. The highest BCUT2D eigenvalue weighted by molar-refractivity contribution is 5.75. The minimum atomic E-state index is -0.390. The first-order chi connectivity index (χ1) is 11.9. The zero-order chi connectivity index (χ0) is 18.4. The predicted molar refractivity (Wildman–Crippen MR) is 101 cm³/mol. The Balaban J connectivity index is 1.78. The summed E-state index contributed by atoms with van der Waals surface area (Å²) in [5.74, 6) is 1.33. The van der Waals surface area contributed by atoms with Crippen LogP contribution >= 0.6 is 0 Å². The maximum absolute atomic E-state index is 11.6. The smallest absolute Gasteiger partial charge is 0.222 e. The van der Waals surface area contributed by atoms with Gasteiger partial charge in [-0.05, 0) is 50.4 Å². The van der Waals surface area contributed by atoms with Crippen molar-refractivity contribution in [3.8, 4) is 0 Å². The van der Waals surface area contributed by atoms with Gasteiger partial charge in [0.25, 0.3) is 0 Å². The number of unbranched alkanes of at least 4 members (excludes halogenated alkanes) is 1. The van der Waals surface area contributed by atoms with Crippen molar-refractivity contribution < 1.29 is 15.0 Å². The van der Waals surface area contributed by atoms with E-state index in [-0.39, 0.29) is 24.0 Å². The largest absolute Gasteiger partial charge is 0.392 e. The molecule has 0 aromatic heterocycles. The van der Waals surface area contributed by atoms with E-state index < -0.39 is 0 Å². The van der Waals surface area contributed by atoms with Crippen molar-refractivity contribution in [2.75, 3.05) is 14.1 Å². The van der Waals surface area contributed by atoms with Gasteiger partial charge in [0, 0.05) is 26.4 Å². The van der Waals surface area contributed by atoms with E-state index in [4.69, 9.17) is 0 Å².